The molecule has 0 saturated heterocycles. The molecule has 1 unspecified atom stereocenters. The third-order valence-electron chi connectivity index (χ3n) is 8.02. The van der Waals surface area contributed by atoms with Crippen LogP contribution in [-0.2, 0) is 16.9 Å². The van der Waals surface area contributed by atoms with Crippen LogP contribution in [0.4, 0.5) is 0 Å². The number of carbonyl (C=O) groups is 1. The van der Waals surface area contributed by atoms with Crippen LogP contribution in [0.15, 0.2) is 84.9 Å². The van der Waals surface area contributed by atoms with E-state index < -0.39 is 0 Å². The fourth-order valence-electron chi connectivity index (χ4n) is 5.40. The fraction of sp³-hybridized carbons (Fsp3) is 0.406. The molecule has 1 amide bonds. The van der Waals surface area contributed by atoms with Crippen molar-refractivity contribution in [3.63, 3.8) is 0 Å². The van der Waals surface area contributed by atoms with E-state index in [-0.39, 0.29) is 23.4 Å². The Kier molecular flexibility index (Phi) is 8.07. The van der Waals surface area contributed by atoms with E-state index in [1.54, 1.807) is 0 Å². The molecule has 0 spiro atoms. The lowest BCUT2D eigenvalue weighted by Gasteiger charge is -2.36. The highest BCUT2D eigenvalue weighted by Crippen LogP contribution is 2.38. The molecule has 3 nitrogen and oxygen atoms in total. The van der Waals surface area contributed by atoms with Gasteiger partial charge in [-0.1, -0.05) is 97.8 Å². The molecule has 0 aromatic heterocycles. The van der Waals surface area contributed by atoms with Gasteiger partial charge in [0, 0.05) is 18.0 Å². The molecule has 3 aromatic rings. The van der Waals surface area contributed by atoms with E-state index in [1.165, 1.54) is 23.1 Å². The number of benzene rings is 3. The van der Waals surface area contributed by atoms with Gasteiger partial charge in [-0.15, -0.1) is 0 Å². The third kappa shape index (κ3) is 6.02. The Morgan fingerprint density at radius 2 is 1.51 bits per heavy atom. The SMILES string of the molecule is C[C@@H](NC(=O)C1CCCC[C@@H]1c1ccc(CN(C)C(C)(C)c2ccccc2)cc1)c1ccccc1. The van der Waals surface area contributed by atoms with Crippen molar-refractivity contribution in [2.24, 2.45) is 5.92 Å². The van der Waals surface area contributed by atoms with Crippen molar-refractivity contribution >= 4 is 5.91 Å². The minimum absolute atomic E-state index is 0.0251. The molecule has 3 atom stereocenters. The predicted molar refractivity (Wildman–Crippen MR) is 145 cm³/mol. The second-order valence-electron chi connectivity index (χ2n) is 10.7. The van der Waals surface area contributed by atoms with Crippen LogP contribution in [0.2, 0.25) is 0 Å². The van der Waals surface area contributed by atoms with Crippen LogP contribution in [-0.4, -0.2) is 17.9 Å². The van der Waals surface area contributed by atoms with Gasteiger partial charge in [0.05, 0.1) is 6.04 Å². The van der Waals surface area contributed by atoms with Gasteiger partial charge in [0.25, 0.3) is 0 Å². The number of nitrogens with one attached hydrogen (secondary N) is 1. The van der Waals surface area contributed by atoms with Crippen molar-refractivity contribution in [2.75, 3.05) is 7.05 Å². The number of hydrogen-bond donors (Lipinski definition) is 1. The van der Waals surface area contributed by atoms with Crippen molar-refractivity contribution in [3.8, 4) is 0 Å². The molecular weight excluding hydrogens is 428 g/mol. The molecule has 0 aliphatic heterocycles. The van der Waals surface area contributed by atoms with Gasteiger partial charge in [0.1, 0.15) is 0 Å². The fourth-order valence-corrected chi connectivity index (χ4v) is 5.40. The normalized spacial score (nSPS) is 19.3. The topological polar surface area (TPSA) is 32.3 Å². The van der Waals surface area contributed by atoms with Gasteiger partial charge in [-0.2, -0.15) is 0 Å². The summed E-state index contributed by atoms with van der Waals surface area (Å²) >= 11 is 0. The second-order valence-corrected chi connectivity index (χ2v) is 10.7. The monoisotopic (exact) mass is 468 g/mol. The van der Waals surface area contributed by atoms with Crippen LogP contribution in [0, 0.1) is 5.92 Å². The molecule has 4 rings (SSSR count). The molecule has 3 heteroatoms. The first-order valence-corrected chi connectivity index (χ1v) is 13.1. The van der Waals surface area contributed by atoms with E-state index in [2.05, 4.69) is 105 Å². The lowest BCUT2D eigenvalue weighted by molar-refractivity contribution is -0.127. The summed E-state index contributed by atoms with van der Waals surface area (Å²) in [7, 11) is 2.19. The first kappa shape index (κ1) is 25.2. The maximum absolute atomic E-state index is 13.3. The van der Waals surface area contributed by atoms with Crippen LogP contribution in [0.5, 0.6) is 0 Å². The molecule has 0 bridgehead atoms. The van der Waals surface area contributed by atoms with Gasteiger partial charge in [-0.3, -0.25) is 9.69 Å². The van der Waals surface area contributed by atoms with Gasteiger partial charge >= 0.3 is 0 Å². The van der Waals surface area contributed by atoms with Crippen LogP contribution in [0.25, 0.3) is 0 Å². The zero-order chi connectivity index (χ0) is 24.8. The standard InChI is InChI=1S/C32H40N2O/c1-24(26-13-7-5-8-14-26)33-31(35)30-18-12-11-17-29(30)27-21-19-25(20-22-27)23-34(4)32(2,3)28-15-9-6-10-16-28/h5-10,13-16,19-22,24,29-30H,11-12,17-18,23H2,1-4H3,(H,33,35)/t24-,29-,30?/m1/s1. The smallest absolute Gasteiger partial charge is 0.224 e. The van der Waals surface area contributed by atoms with Gasteiger partial charge < -0.3 is 5.32 Å². The van der Waals surface area contributed by atoms with Gasteiger partial charge in [0.15, 0.2) is 0 Å². The van der Waals surface area contributed by atoms with Crippen molar-refractivity contribution in [3.05, 3.63) is 107 Å². The first-order chi connectivity index (χ1) is 16.9. The summed E-state index contributed by atoms with van der Waals surface area (Å²) in [6.45, 7) is 7.51. The minimum Gasteiger partial charge on any atom is -0.349 e. The van der Waals surface area contributed by atoms with Crippen molar-refractivity contribution in [1.82, 2.24) is 10.2 Å². The highest BCUT2D eigenvalue weighted by molar-refractivity contribution is 5.80. The predicted octanol–water partition coefficient (Wildman–Crippen LogP) is 7.20. The van der Waals surface area contributed by atoms with Crippen molar-refractivity contribution in [1.29, 1.82) is 0 Å². The van der Waals surface area contributed by atoms with E-state index in [4.69, 9.17) is 0 Å². The summed E-state index contributed by atoms with van der Waals surface area (Å²) in [4.78, 5) is 15.7. The molecule has 0 radical (unpaired) electrons. The number of nitrogens with zero attached hydrogens (tertiary/aromatic N) is 1. The molecular formula is C32H40N2O. The summed E-state index contributed by atoms with van der Waals surface area (Å²) in [6, 6.07) is 30.0. The number of hydrogen-bond acceptors (Lipinski definition) is 2. The van der Waals surface area contributed by atoms with Crippen LogP contribution < -0.4 is 5.32 Å². The Balaban J connectivity index is 1.42. The van der Waals surface area contributed by atoms with Crippen molar-refractivity contribution < 1.29 is 4.79 Å². The Labute approximate surface area is 211 Å². The summed E-state index contributed by atoms with van der Waals surface area (Å²) in [5.41, 5.74) is 5.02. The molecule has 184 valence electrons. The Bertz CT molecular complexity index is 1080. The second kappa shape index (κ2) is 11.2. The highest BCUT2D eigenvalue weighted by atomic mass is 16.2. The molecule has 1 aliphatic carbocycles. The Morgan fingerprint density at radius 1 is 0.914 bits per heavy atom. The molecule has 1 aliphatic rings. The number of carbonyl (C=O) groups excluding carboxylic acids is 1. The quantitative estimate of drug-likeness (QED) is 0.379. The molecule has 3 aromatic carbocycles. The maximum atomic E-state index is 13.3. The van der Waals surface area contributed by atoms with Crippen LogP contribution >= 0.6 is 0 Å². The summed E-state index contributed by atoms with van der Waals surface area (Å²) < 4.78 is 0. The summed E-state index contributed by atoms with van der Waals surface area (Å²) in [5.74, 6) is 0.527. The van der Waals surface area contributed by atoms with E-state index in [9.17, 15) is 4.79 Å². The van der Waals surface area contributed by atoms with Gasteiger partial charge in [-0.25, -0.2) is 0 Å². The van der Waals surface area contributed by atoms with E-state index in [0.29, 0.717) is 5.92 Å². The van der Waals surface area contributed by atoms with Gasteiger partial charge in [0.2, 0.25) is 5.91 Å². The summed E-state index contributed by atoms with van der Waals surface area (Å²) in [5, 5.41) is 3.29. The van der Waals surface area contributed by atoms with Crippen molar-refractivity contribution in [2.45, 2.75) is 70.5 Å². The largest absolute Gasteiger partial charge is 0.349 e. The lowest BCUT2D eigenvalue weighted by Crippen LogP contribution is -2.38. The Morgan fingerprint density at radius 3 is 2.17 bits per heavy atom. The van der Waals surface area contributed by atoms with E-state index in [0.717, 1.165) is 31.4 Å². The van der Waals surface area contributed by atoms with Crippen LogP contribution in [0.1, 0.15) is 80.7 Å². The van der Waals surface area contributed by atoms with E-state index >= 15 is 0 Å². The molecule has 1 fully saturated rings. The first-order valence-electron chi connectivity index (χ1n) is 13.1. The van der Waals surface area contributed by atoms with Crippen LogP contribution in [0.3, 0.4) is 0 Å². The lowest BCUT2D eigenvalue weighted by atomic mass is 9.74. The number of amides is 1. The average Bonchev–Trinajstić information content (AvgIpc) is 2.90. The average molecular weight is 469 g/mol. The third-order valence-corrected chi connectivity index (χ3v) is 8.02. The van der Waals surface area contributed by atoms with E-state index in [1.807, 2.05) is 18.2 Å². The zero-order valence-electron chi connectivity index (χ0n) is 21.7. The zero-order valence-corrected chi connectivity index (χ0v) is 21.7. The maximum Gasteiger partial charge on any atom is 0.224 e. The molecule has 1 saturated carbocycles. The molecule has 0 heterocycles. The highest BCUT2D eigenvalue weighted by Gasteiger charge is 2.33. The summed E-state index contributed by atoms with van der Waals surface area (Å²) in [6.07, 6.45) is 4.37. The van der Waals surface area contributed by atoms with Gasteiger partial charge in [-0.05, 0) is 68.8 Å². The molecule has 35 heavy (non-hydrogen) atoms. The Hall–Kier alpha value is -2.91. The minimum atomic E-state index is -0.0536. The molecule has 1 N–H and O–H groups in total. The number of rotatable bonds is 8.